The monoisotopic (exact) mass is 257 g/mol. The van der Waals surface area contributed by atoms with E-state index in [-0.39, 0.29) is 31.4 Å². The van der Waals surface area contributed by atoms with Crippen LogP contribution < -0.4 is 4.90 Å². The first-order valence-corrected chi connectivity index (χ1v) is 5.14. The van der Waals surface area contributed by atoms with Crippen LogP contribution in [0.5, 0.6) is 0 Å². The number of nitrogens with zero attached hydrogens (tertiary/aromatic N) is 3. The van der Waals surface area contributed by atoms with E-state index in [9.17, 15) is 13.2 Å². The van der Waals surface area contributed by atoms with Crippen molar-refractivity contribution in [1.82, 2.24) is 9.36 Å². The van der Waals surface area contributed by atoms with Crippen LogP contribution in [0.1, 0.15) is 5.82 Å². The second kappa shape index (κ2) is 5.41. The minimum absolute atomic E-state index is 0.0374. The summed E-state index contributed by atoms with van der Waals surface area (Å²) >= 11 is 0.587. The van der Waals surface area contributed by atoms with E-state index >= 15 is 0 Å². The van der Waals surface area contributed by atoms with Crippen LogP contribution in [0.15, 0.2) is 0 Å². The normalized spacial score (nSPS) is 11.8. The average molecular weight is 257 g/mol. The van der Waals surface area contributed by atoms with Crippen LogP contribution in [0.4, 0.5) is 18.3 Å². The van der Waals surface area contributed by atoms with Crippen molar-refractivity contribution in [2.45, 2.75) is 6.18 Å². The van der Waals surface area contributed by atoms with Gasteiger partial charge >= 0.3 is 6.18 Å². The summed E-state index contributed by atoms with van der Waals surface area (Å²) in [5.74, 6) is -1.20. The number of aliphatic hydroxyl groups is 2. The molecule has 0 aliphatic rings. The first-order chi connectivity index (χ1) is 7.49. The minimum atomic E-state index is -4.57. The zero-order chi connectivity index (χ0) is 12.2. The average Bonchev–Trinajstić information content (AvgIpc) is 2.65. The van der Waals surface area contributed by atoms with Gasteiger partial charge in [0.2, 0.25) is 11.0 Å². The molecule has 2 N–H and O–H groups in total. The van der Waals surface area contributed by atoms with Crippen LogP contribution in [0.2, 0.25) is 0 Å². The van der Waals surface area contributed by atoms with Crippen molar-refractivity contribution >= 4 is 16.7 Å². The standard InChI is InChI=1S/C7H10F3N3O2S/c8-7(9,10)5-11-6(16-12-5)13(1-3-14)2-4-15/h14-15H,1-4H2. The van der Waals surface area contributed by atoms with E-state index in [4.69, 9.17) is 10.2 Å². The number of alkyl halides is 3. The molecular formula is C7H10F3N3O2S. The largest absolute Gasteiger partial charge is 0.452 e. The molecule has 1 rings (SSSR count). The summed E-state index contributed by atoms with van der Waals surface area (Å²) in [4.78, 5) is 4.65. The highest BCUT2D eigenvalue weighted by molar-refractivity contribution is 7.09. The van der Waals surface area contributed by atoms with Crippen LogP contribution >= 0.6 is 11.5 Å². The maximum atomic E-state index is 12.2. The minimum Gasteiger partial charge on any atom is -0.395 e. The molecule has 0 spiro atoms. The van der Waals surface area contributed by atoms with Gasteiger partial charge in [0.15, 0.2) is 0 Å². The highest BCUT2D eigenvalue weighted by atomic mass is 32.1. The molecular weight excluding hydrogens is 247 g/mol. The lowest BCUT2D eigenvalue weighted by Gasteiger charge is -2.18. The van der Waals surface area contributed by atoms with Crippen molar-refractivity contribution in [3.63, 3.8) is 0 Å². The van der Waals surface area contributed by atoms with E-state index in [0.29, 0.717) is 11.5 Å². The Morgan fingerprint density at radius 1 is 1.19 bits per heavy atom. The number of anilines is 1. The summed E-state index contributed by atoms with van der Waals surface area (Å²) in [7, 11) is 0. The Labute approximate surface area is 93.3 Å². The van der Waals surface area contributed by atoms with Crippen LogP contribution in [0.25, 0.3) is 0 Å². The van der Waals surface area contributed by atoms with Gasteiger partial charge in [0.1, 0.15) is 0 Å². The van der Waals surface area contributed by atoms with Crippen LogP contribution in [-0.2, 0) is 6.18 Å². The molecule has 0 saturated heterocycles. The number of hydrogen-bond donors (Lipinski definition) is 2. The Hall–Kier alpha value is -0.930. The van der Waals surface area contributed by atoms with Crippen LogP contribution in [0.3, 0.4) is 0 Å². The summed E-state index contributed by atoms with van der Waals surface area (Å²) in [5.41, 5.74) is 0. The van der Waals surface area contributed by atoms with Crippen LogP contribution in [0, 0.1) is 0 Å². The van der Waals surface area contributed by atoms with Gasteiger partial charge in [-0.25, -0.2) is 0 Å². The quantitative estimate of drug-likeness (QED) is 0.796. The smallest absolute Gasteiger partial charge is 0.395 e. The van der Waals surface area contributed by atoms with Crippen molar-refractivity contribution in [1.29, 1.82) is 0 Å². The van der Waals surface area contributed by atoms with E-state index in [1.54, 1.807) is 0 Å². The molecule has 0 fully saturated rings. The molecule has 92 valence electrons. The topological polar surface area (TPSA) is 69.5 Å². The molecule has 1 aromatic rings. The first-order valence-electron chi connectivity index (χ1n) is 4.36. The Bertz CT molecular complexity index is 325. The van der Waals surface area contributed by atoms with Gasteiger partial charge in [-0.3, -0.25) is 0 Å². The third-order valence-corrected chi connectivity index (χ3v) is 2.46. The Morgan fingerprint density at radius 2 is 1.75 bits per heavy atom. The molecule has 0 atom stereocenters. The Morgan fingerprint density at radius 3 is 2.12 bits per heavy atom. The van der Waals surface area contributed by atoms with Gasteiger partial charge in [-0.1, -0.05) is 0 Å². The third-order valence-electron chi connectivity index (χ3n) is 1.68. The fourth-order valence-corrected chi connectivity index (χ4v) is 1.74. The summed E-state index contributed by atoms with van der Waals surface area (Å²) < 4.78 is 39.8. The van der Waals surface area contributed by atoms with Gasteiger partial charge in [0.05, 0.1) is 13.2 Å². The molecule has 0 amide bonds. The zero-order valence-corrected chi connectivity index (χ0v) is 8.92. The van der Waals surface area contributed by atoms with E-state index in [0.717, 1.165) is 0 Å². The molecule has 1 aromatic heterocycles. The van der Waals surface area contributed by atoms with Crippen LogP contribution in [-0.4, -0.2) is 45.9 Å². The molecule has 16 heavy (non-hydrogen) atoms. The SMILES string of the molecule is OCCN(CCO)c1nc(C(F)(F)F)ns1. The molecule has 0 radical (unpaired) electrons. The number of aliphatic hydroxyl groups excluding tert-OH is 2. The van der Waals surface area contributed by atoms with Crippen molar-refractivity contribution in [2.24, 2.45) is 0 Å². The number of aromatic nitrogens is 2. The van der Waals surface area contributed by atoms with E-state index in [2.05, 4.69) is 9.36 Å². The third kappa shape index (κ3) is 3.29. The second-order valence-corrected chi connectivity index (χ2v) is 3.56. The number of rotatable bonds is 5. The number of hydrogen-bond acceptors (Lipinski definition) is 6. The van der Waals surface area contributed by atoms with Crippen molar-refractivity contribution in [2.75, 3.05) is 31.2 Å². The lowest BCUT2D eigenvalue weighted by atomic mass is 10.5. The maximum Gasteiger partial charge on any atom is 0.452 e. The van der Waals surface area contributed by atoms with Gasteiger partial charge in [-0.2, -0.15) is 22.5 Å². The maximum absolute atomic E-state index is 12.2. The predicted octanol–water partition coefficient (Wildman–Crippen LogP) is 0.348. The molecule has 1 heterocycles. The Kier molecular flexibility index (Phi) is 4.44. The van der Waals surface area contributed by atoms with Gasteiger partial charge in [0.25, 0.3) is 0 Å². The molecule has 0 aliphatic heterocycles. The molecule has 0 bridgehead atoms. The van der Waals surface area contributed by atoms with Crippen molar-refractivity contribution < 1.29 is 23.4 Å². The van der Waals surface area contributed by atoms with Gasteiger partial charge < -0.3 is 15.1 Å². The second-order valence-electron chi connectivity index (χ2n) is 2.83. The summed E-state index contributed by atoms with van der Waals surface area (Å²) in [6.07, 6.45) is -4.57. The Balaban J connectivity index is 2.81. The van der Waals surface area contributed by atoms with Crippen molar-refractivity contribution in [3.8, 4) is 0 Å². The zero-order valence-electron chi connectivity index (χ0n) is 8.11. The van der Waals surface area contributed by atoms with Crippen molar-refractivity contribution in [3.05, 3.63) is 5.82 Å². The first kappa shape index (κ1) is 13.1. The molecule has 0 aromatic carbocycles. The molecule has 0 aliphatic carbocycles. The molecule has 0 unspecified atom stereocenters. The highest BCUT2D eigenvalue weighted by Crippen LogP contribution is 2.30. The molecule has 0 saturated carbocycles. The van der Waals surface area contributed by atoms with E-state index < -0.39 is 12.0 Å². The molecule has 5 nitrogen and oxygen atoms in total. The fourth-order valence-electron chi connectivity index (χ4n) is 1.00. The highest BCUT2D eigenvalue weighted by Gasteiger charge is 2.36. The number of halogens is 3. The van der Waals surface area contributed by atoms with Gasteiger partial charge in [-0.05, 0) is 0 Å². The summed E-state index contributed by atoms with van der Waals surface area (Å²) in [5, 5.41) is 17.4. The van der Waals surface area contributed by atoms with Gasteiger partial charge in [-0.15, -0.1) is 0 Å². The molecule has 9 heteroatoms. The van der Waals surface area contributed by atoms with E-state index in [1.807, 2.05) is 0 Å². The predicted molar refractivity (Wildman–Crippen MR) is 51.3 cm³/mol. The van der Waals surface area contributed by atoms with Gasteiger partial charge in [0, 0.05) is 24.6 Å². The lowest BCUT2D eigenvalue weighted by Crippen LogP contribution is -2.29. The fraction of sp³-hybridized carbons (Fsp3) is 0.714. The summed E-state index contributed by atoms with van der Waals surface area (Å²) in [6, 6.07) is 0. The lowest BCUT2D eigenvalue weighted by molar-refractivity contribution is -0.144. The van der Waals surface area contributed by atoms with E-state index in [1.165, 1.54) is 4.90 Å². The summed E-state index contributed by atoms with van der Waals surface area (Å²) in [6.45, 7) is -0.262.